The van der Waals surface area contributed by atoms with E-state index in [1.807, 2.05) is 6.92 Å². The zero-order valence-corrected chi connectivity index (χ0v) is 20.8. The maximum Gasteiger partial charge on any atom is 0.209 e. The predicted molar refractivity (Wildman–Crippen MR) is 121 cm³/mol. The third-order valence-corrected chi connectivity index (χ3v) is 11.7. The standard InChI is InChI=1S/C25H31Cl2NO5/c1-4-20-32-19-9-14-15-8-17(26)16-7-13(29)5-6-21(16,2)24(15,27)18(30)10-22(14,3)25(19,33-20)23(11-28)12-31-23/h7,14-15,17-20,30H,4-6,8-10,12H2,1-3H3/t14-,15-,17-,18-,19+,20?,21-,22-,23?,24-,25+/m0/s1. The van der Waals surface area contributed by atoms with Gasteiger partial charge in [-0.15, -0.1) is 23.2 Å². The average molecular weight is 496 g/mol. The molecule has 2 saturated heterocycles. The summed E-state index contributed by atoms with van der Waals surface area (Å²) in [5.41, 5.74) is -2.33. The van der Waals surface area contributed by atoms with Gasteiger partial charge in [0.1, 0.15) is 11.7 Å². The van der Waals surface area contributed by atoms with Crippen molar-refractivity contribution in [3.63, 3.8) is 0 Å². The normalized spacial score (nSPS) is 59.1. The number of ether oxygens (including phenoxy) is 3. The maximum absolute atomic E-state index is 12.3. The molecule has 8 heteroatoms. The van der Waals surface area contributed by atoms with E-state index in [0.29, 0.717) is 45.1 Å². The molecule has 0 aromatic carbocycles. The number of hydrogen-bond acceptors (Lipinski definition) is 6. The number of halogens is 2. The van der Waals surface area contributed by atoms with Crippen LogP contribution in [0.2, 0.25) is 0 Å². The summed E-state index contributed by atoms with van der Waals surface area (Å²) in [7, 11) is 0. The number of rotatable bonds is 2. The van der Waals surface area contributed by atoms with E-state index in [9.17, 15) is 15.2 Å². The number of alkyl halides is 2. The van der Waals surface area contributed by atoms with Crippen LogP contribution in [0.5, 0.6) is 0 Å². The van der Waals surface area contributed by atoms with Gasteiger partial charge in [-0.3, -0.25) is 4.79 Å². The third-order valence-electron chi connectivity index (χ3n) is 10.4. The van der Waals surface area contributed by atoms with E-state index in [1.54, 1.807) is 6.08 Å². The number of epoxide rings is 1. The Balaban J connectivity index is 1.49. The monoisotopic (exact) mass is 495 g/mol. The van der Waals surface area contributed by atoms with Crippen molar-refractivity contribution in [2.24, 2.45) is 22.7 Å². The molecule has 3 saturated carbocycles. The van der Waals surface area contributed by atoms with E-state index in [1.165, 1.54) is 0 Å². The number of fused-ring (bicyclic) bond motifs is 7. The van der Waals surface area contributed by atoms with Crippen molar-refractivity contribution in [2.45, 2.75) is 99.2 Å². The number of aliphatic hydroxyl groups excluding tert-OH is 1. The molecule has 180 valence electrons. The van der Waals surface area contributed by atoms with Crippen LogP contribution in [0.4, 0.5) is 0 Å². The molecule has 2 unspecified atom stereocenters. The number of hydrogen-bond donors (Lipinski definition) is 1. The molecule has 2 heterocycles. The lowest BCUT2D eigenvalue weighted by Crippen LogP contribution is -2.71. The second-order valence-corrected chi connectivity index (χ2v) is 12.7. The van der Waals surface area contributed by atoms with Gasteiger partial charge in [0, 0.05) is 17.3 Å². The van der Waals surface area contributed by atoms with E-state index in [-0.39, 0.29) is 29.1 Å². The molecular weight excluding hydrogens is 465 g/mol. The summed E-state index contributed by atoms with van der Waals surface area (Å²) in [5.74, 6) is -0.00604. The average Bonchev–Trinajstić information content (AvgIpc) is 3.43. The van der Waals surface area contributed by atoms with Gasteiger partial charge in [0.15, 0.2) is 12.1 Å². The largest absolute Gasteiger partial charge is 0.391 e. The van der Waals surface area contributed by atoms with Crippen LogP contribution in [-0.4, -0.2) is 57.4 Å². The molecule has 0 radical (unpaired) electrons. The second kappa shape index (κ2) is 6.75. The molecule has 11 atom stereocenters. The summed E-state index contributed by atoms with van der Waals surface area (Å²) in [4.78, 5) is 11.3. The van der Waals surface area contributed by atoms with Crippen molar-refractivity contribution in [1.82, 2.24) is 0 Å². The third kappa shape index (κ3) is 2.38. The van der Waals surface area contributed by atoms with Gasteiger partial charge in [-0.25, -0.2) is 0 Å². The summed E-state index contributed by atoms with van der Waals surface area (Å²) in [5, 5.41) is 21.7. The Morgan fingerprint density at radius 1 is 1.30 bits per heavy atom. The minimum atomic E-state index is -1.07. The Morgan fingerprint density at radius 2 is 2.03 bits per heavy atom. The number of allylic oxidation sites excluding steroid dienone is 1. The predicted octanol–water partition coefficient (Wildman–Crippen LogP) is 3.86. The molecule has 0 amide bonds. The zero-order valence-electron chi connectivity index (χ0n) is 19.3. The Hall–Kier alpha value is -0.680. The maximum atomic E-state index is 12.3. The molecule has 0 spiro atoms. The molecule has 6 aliphatic rings. The van der Waals surface area contributed by atoms with Crippen molar-refractivity contribution in [2.75, 3.05) is 6.61 Å². The summed E-state index contributed by atoms with van der Waals surface area (Å²) >= 11 is 14.5. The molecule has 1 N–H and O–H groups in total. The summed E-state index contributed by atoms with van der Waals surface area (Å²) in [6, 6.07) is 2.41. The molecular formula is C25H31Cl2NO5. The van der Waals surface area contributed by atoms with Crippen LogP contribution in [0.3, 0.4) is 0 Å². The van der Waals surface area contributed by atoms with Crippen LogP contribution in [0, 0.1) is 34.0 Å². The minimum absolute atomic E-state index is 0.0351. The summed E-state index contributed by atoms with van der Waals surface area (Å²) in [6.45, 7) is 6.50. The van der Waals surface area contributed by atoms with E-state index in [4.69, 9.17) is 37.4 Å². The fraction of sp³-hybridized carbons (Fsp3) is 0.840. The summed E-state index contributed by atoms with van der Waals surface area (Å²) < 4.78 is 18.8. The van der Waals surface area contributed by atoms with Crippen molar-refractivity contribution < 1.29 is 24.1 Å². The van der Waals surface area contributed by atoms with E-state index in [2.05, 4.69) is 19.9 Å². The number of nitrogens with zero attached hydrogens (tertiary/aromatic N) is 1. The van der Waals surface area contributed by atoms with Crippen LogP contribution in [0.1, 0.15) is 59.3 Å². The molecule has 6 rings (SSSR count). The zero-order chi connectivity index (χ0) is 23.6. The van der Waals surface area contributed by atoms with Gasteiger partial charge in [-0.05, 0) is 55.6 Å². The van der Waals surface area contributed by atoms with Gasteiger partial charge in [-0.1, -0.05) is 20.8 Å². The van der Waals surface area contributed by atoms with Crippen LogP contribution in [-0.2, 0) is 19.0 Å². The van der Waals surface area contributed by atoms with Crippen LogP contribution in [0.15, 0.2) is 11.6 Å². The highest BCUT2D eigenvalue weighted by atomic mass is 35.5. The second-order valence-electron chi connectivity index (χ2n) is 11.5. The molecule has 33 heavy (non-hydrogen) atoms. The van der Waals surface area contributed by atoms with Gasteiger partial charge in [-0.2, -0.15) is 5.26 Å². The lowest BCUT2D eigenvalue weighted by atomic mass is 9.44. The Labute approximate surface area is 204 Å². The number of ketones is 1. The van der Waals surface area contributed by atoms with Crippen molar-refractivity contribution in [3.8, 4) is 6.07 Å². The van der Waals surface area contributed by atoms with E-state index >= 15 is 0 Å². The fourth-order valence-corrected chi connectivity index (χ4v) is 9.76. The first-order chi connectivity index (χ1) is 15.5. The highest BCUT2D eigenvalue weighted by Crippen LogP contribution is 2.75. The number of aliphatic hydroxyl groups is 1. The van der Waals surface area contributed by atoms with Gasteiger partial charge in [0.05, 0.1) is 29.1 Å². The van der Waals surface area contributed by atoms with Crippen molar-refractivity contribution >= 4 is 29.0 Å². The molecule has 6 nitrogen and oxygen atoms in total. The fourth-order valence-electron chi connectivity index (χ4n) is 8.75. The quantitative estimate of drug-likeness (QED) is 0.461. The van der Waals surface area contributed by atoms with Crippen LogP contribution < -0.4 is 0 Å². The highest BCUT2D eigenvalue weighted by molar-refractivity contribution is 6.27. The molecule has 0 aromatic rings. The van der Waals surface area contributed by atoms with Crippen LogP contribution >= 0.6 is 23.2 Å². The number of carbonyl (C=O) groups excluding carboxylic acids is 1. The first kappa shape index (κ1) is 22.8. The number of carbonyl (C=O) groups is 1. The summed E-state index contributed by atoms with van der Waals surface area (Å²) in [6.07, 6.45) is 3.40. The topological polar surface area (TPSA) is 92.1 Å². The van der Waals surface area contributed by atoms with Gasteiger partial charge < -0.3 is 19.3 Å². The van der Waals surface area contributed by atoms with Crippen molar-refractivity contribution in [1.29, 1.82) is 5.26 Å². The smallest absolute Gasteiger partial charge is 0.209 e. The molecule has 2 aliphatic heterocycles. The van der Waals surface area contributed by atoms with Gasteiger partial charge in [0.2, 0.25) is 5.60 Å². The van der Waals surface area contributed by atoms with Gasteiger partial charge >= 0.3 is 0 Å². The van der Waals surface area contributed by atoms with E-state index < -0.39 is 39.3 Å². The first-order valence-electron chi connectivity index (χ1n) is 12.2. The minimum Gasteiger partial charge on any atom is -0.391 e. The molecule has 0 bridgehead atoms. The van der Waals surface area contributed by atoms with E-state index in [0.717, 1.165) is 5.57 Å². The molecule has 4 aliphatic carbocycles. The molecule has 0 aromatic heterocycles. The lowest BCUT2D eigenvalue weighted by molar-refractivity contribution is -0.207. The SMILES string of the molecule is CCC1O[C@@H]2C[C@H]3[C@@H]4C[C@H](Cl)C5=CC(=O)CC[C@]5(C)[C@@]4(Cl)[C@@H](O)C[C@]3(C)[C@]2(C2(C#N)CO2)O1. The van der Waals surface area contributed by atoms with Crippen LogP contribution in [0.25, 0.3) is 0 Å². The van der Waals surface area contributed by atoms with Crippen molar-refractivity contribution in [3.05, 3.63) is 11.6 Å². The lowest BCUT2D eigenvalue weighted by Gasteiger charge is -2.65. The Bertz CT molecular complexity index is 992. The van der Waals surface area contributed by atoms with Gasteiger partial charge in [0.25, 0.3) is 0 Å². The highest BCUT2D eigenvalue weighted by Gasteiger charge is 2.85. The first-order valence-corrected chi connectivity index (χ1v) is 13.0. The Kier molecular flexibility index (Phi) is 4.65. The Morgan fingerprint density at radius 3 is 2.67 bits per heavy atom. The number of nitriles is 1. The molecule has 5 fully saturated rings.